The highest BCUT2D eigenvalue weighted by Crippen LogP contribution is 2.43. The summed E-state index contributed by atoms with van der Waals surface area (Å²) in [5, 5.41) is 0.665. The van der Waals surface area contributed by atoms with E-state index in [1.807, 2.05) is 32.2 Å². The molecule has 2 aromatic rings. The number of aliphatic imine (C=N–C) groups is 1. The van der Waals surface area contributed by atoms with Gasteiger partial charge in [0.1, 0.15) is 5.82 Å². The first kappa shape index (κ1) is 17.9. The van der Waals surface area contributed by atoms with Gasteiger partial charge in [-0.25, -0.2) is 4.39 Å². The van der Waals surface area contributed by atoms with Gasteiger partial charge in [0.15, 0.2) is 0 Å². The molecule has 2 aromatic carbocycles. The van der Waals surface area contributed by atoms with Gasteiger partial charge in [0.25, 0.3) is 0 Å². The minimum atomic E-state index is -0.252. The third kappa shape index (κ3) is 3.43. The van der Waals surface area contributed by atoms with E-state index in [9.17, 15) is 4.39 Å². The van der Waals surface area contributed by atoms with Crippen LogP contribution in [-0.4, -0.2) is 18.8 Å². The summed E-state index contributed by atoms with van der Waals surface area (Å²) >= 11 is 6.13. The monoisotopic (exact) mass is 358 g/mol. The third-order valence-electron chi connectivity index (χ3n) is 5.26. The predicted octanol–water partition coefficient (Wildman–Crippen LogP) is 6.26. The fourth-order valence-corrected chi connectivity index (χ4v) is 3.68. The Morgan fingerprint density at radius 1 is 1.28 bits per heavy atom. The second-order valence-electron chi connectivity index (χ2n) is 7.60. The van der Waals surface area contributed by atoms with Gasteiger partial charge in [0, 0.05) is 35.1 Å². The van der Waals surface area contributed by atoms with Crippen molar-refractivity contribution in [1.82, 2.24) is 0 Å². The van der Waals surface area contributed by atoms with E-state index in [0.717, 1.165) is 23.4 Å². The van der Waals surface area contributed by atoms with Gasteiger partial charge in [-0.2, -0.15) is 0 Å². The smallest absolute Gasteiger partial charge is 0.134 e. The Morgan fingerprint density at radius 3 is 2.68 bits per heavy atom. The molecule has 1 heterocycles. The summed E-state index contributed by atoms with van der Waals surface area (Å²) in [6.45, 7) is 8.53. The summed E-state index contributed by atoms with van der Waals surface area (Å²) in [5.41, 5.74) is 4.39. The highest BCUT2D eigenvalue weighted by Gasteiger charge is 2.34. The van der Waals surface area contributed by atoms with Crippen LogP contribution in [0, 0.1) is 12.7 Å². The Balaban J connectivity index is 1.98. The lowest BCUT2D eigenvalue weighted by Crippen LogP contribution is -2.45. The average molecular weight is 359 g/mol. The SMILES string of the molecule is Cc1ccc(N=Cc2cc3c(cc2F)N(C)C(C)(C)CC3C)cc1Cl. The van der Waals surface area contributed by atoms with E-state index < -0.39 is 0 Å². The van der Waals surface area contributed by atoms with Gasteiger partial charge >= 0.3 is 0 Å². The number of rotatable bonds is 2. The zero-order valence-electron chi connectivity index (χ0n) is 15.4. The van der Waals surface area contributed by atoms with Crippen molar-refractivity contribution >= 4 is 29.2 Å². The summed E-state index contributed by atoms with van der Waals surface area (Å²) in [5.74, 6) is 0.125. The summed E-state index contributed by atoms with van der Waals surface area (Å²) in [6.07, 6.45) is 2.62. The first-order valence-corrected chi connectivity index (χ1v) is 8.94. The van der Waals surface area contributed by atoms with Gasteiger partial charge in [-0.05, 0) is 68.5 Å². The van der Waals surface area contributed by atoms with E-state index in [4.69, 9.17) is 11.6 Å². The molecule has 25 heavy (non-hydrogen) atoms. The van der Waals surface area contributed by atoms with Crippen molar-refractivity contribution in [2.24, 2.45) is 4.99 Å². The van der Waals surface area contributed by atoms with Crippen molar-refractivity contribution in [3.05, 3.63) is 57.9 Å². The fourth-order valence-electron chi connectivity index (χ4n) is 3.51. The van der Waals surface area contributed by atoms with Crippen LogP contribution in [-0.2, 0) is 0 Å². The van der Waals surface area contributed by atoms with E-state index in [1.165, 1.54) is 5.56 Å². The molecule has 0 radical (unpaired) electrons. The zero-order valence-corrected chi connectivity index (χ0v) is 16.2. The third-order valence-corrected chi connectivity index (χ3v) is 5.67. The molecule has 0 spiro atoms. The van der Waals surface area contributed by atoms with Crippen LogP contribution >= 0.6 is 11.6 Å². The maximum Gasteiger partial charge on any atom is 0.134 e. The van der Waals surface area contributed by atoms with E-state index >= 15 is 0 Å². The van der Waals surface area contributed by atoms with Crippen molar-refractivity contribution in [2.45, 2.75) is 45.6 Å². The molecule has 0 fully saturated rings. The molecular formula is C21H24ClFN2. The lowest BCUT2D eigenvalue weighted by Gasteiger charge is -2.45. The van der Waals surface area contributed by atoms with Gasteiger partial charge in [0.05, 0.1) is 5.69 Å². The normalized spacial score (nSPS) is 19.3. The highest BCUT2D eigenvalue weighted by atomic mass is 35.5. The Bertz CT molecular complexity index is 842. The average Bonchev–Trinajstić information content (AvgIpc) is 2.54. The van der Waals surface area contributed by atoms with E-state index in [0.29, 0.717) is 16.5 Å². The number of benzene rings is 2. The zero-order chi connectivity index (χ0) is 18.4. The summed E-state index contributed by atoms with van der Waals surface area (Å²) < 4.78 is 14.6. The van der Waals surface area contributed by atoms with Crippen LogP contribution in [0.4, 0.5) is 15.8 Å². The molecule has 2 nitrogen and oxygen atoms in total. The largest absolute Gasteiger partial charge is 0.369 e. The standard InChI is InChI=1S/C21H24ClFN2/c1-13-6-7-16(9-18(13)22)24-12-15-8-17-14(2)11-21(3,4)25(5)20(17)10-19(15)23/h6-10,12,14H,11H2,1-5H3. The molecule has 1 atom stereocenters. The van der Waals surface area contributed by atoms with Gasteiger partial charge < -0.3 is 4.90 Å². The quantitative estimate of drug-likeness (QED) is 0.578. The molecule has 132 valence electrons. The van der Waals surface area contributed by atoms with E-state index in [-0.39, 0.29) is 11.4 Å². The lowest BCUT2D eigenvalue weighted by atomic mass is 9.80. The Kier molecular flexibility index (Phi) is 4.63. The molecule has 0 aliphatic carbocycles. The summed E-state index contributed by atoms with van der Waals surface area (Å²) in [6, 6.07) is 9.16. The van der Waals surface area contributed by atoms with Crippen LogP contribution in [0.2, 0.25) is 5.02 Å². The van der Waals surface area contributed by atoms with Crippen molar-refractivity contribution in [3.63, 3.8) is 0 Å². The second kappa shape index (κ2) is 6.45. The molecule has 0 saturated heterocycles. The van der Waals surface area contributed by atoms with Crippen LogP contribution in [0.1, 0.15) is 49.8 Å². The number of fused-ring (bicyclic) bond motifs is 1. The first-order valence-electron chi connectivity index (χ1n) is 8.56. The Morgan fingerprint density at radius 2 is 2.00 bits per heavy atom. The molecule has 4 heteroatoms. The molecule has 1 aliphatic rings. The fraction of sp³-hybridized carbons (Fsp3) is 0.381. The Hall–Kier alpha value is -1.87. The second-order valence-corrected chi connectivity index (χ2v) is 8.01. The summed E-state index contributed by atoms with van der Waals surface area (Å²) in [4.78, 5) is 6.57. The van der Waals surface area contributed by atoms with Crippen LogP contribution in [0.25, 0.3) is 0 Å². The molecule has 0 N–H and O–H groups in total. The molecule has 1 aliphatic heterocycles. The minimum absolute atomic E-state index is 0.0209. The minimum Gasteiger partial charge on any atom is -0.369 e. The van der Waals surface area contributed by atoms with E-state index in [1.54, 1.807) is 18.3 Å². The highest BCUT2D eigenvalue weighted by molar-refractivity contribution is 6.31. The molecule has 0 amide bonds. The molecule has 0 saturated carbocycles. The number of hydrogen-bond donors (Lipinski definition) is 0. The van der Waals surface area contributed by atoms with Crippen molar-refractivity contribution in [2.75, 3.05) is 11.9 Å². The first-order chi connectivity index (χ1) is 11.7. The molecular weight excluding hydrogens is 335 g/mol. The summed E-state index contributed by atoms with van der Waals surface area (Å²) in [7, 11) is 2.03. The maximum absolute atomic E-state index is 14.6. The van der Waals surface area contributed by atoms with Gasteiger partial charge in [-0.3, -0.25) is 4.99 Å². The van der Waals surface area contributed by atoms with Crippen LogP contribution in [0.15, 0.2) is 35.3 Å². The molecule has 0 bridgehead atoms. The van der Waals surface area contributed by atoms with Crippen molar-refractivity contribution < 1.29 is 4.39 Å². The number of hydrogen-bond acceptors (Lipinski definition) is 2. The van der Waals surface area contributed by atoms with Crippen LogP contribution < -0.4 is 4.90 Å². The number of nitrogens with zero attached hydrogens (tertiary/aromatic N) is 2. The topological polar surface area (TPSA) is 15.6 Å². The molecule has 0 aromatic heterocycles. The van der Waals surface area contributed by atoms with Crippen molar-refractivity contribution in [1.29, 1.82) is 0 Å². The molecule has 1 unspecified atom stereocenters. The maximum atomic E-state index is 14.6. The van der Waals surface area contributed by atoms with Gasteiger partial charge in [0.2, 0.25) is 0 Å². The predicted molar refractivity (Wildman–Crippen MR) is 105 cm³/mol. The van der Waals surface area contributed by atoms with Crippen LogP contribution in [0.3, 0.4) is 0 Å². The number of anilines is 1. The van der Waals surface area contributed by atoms with Gasteiger partial charge in [-0.1, -0.05) is 24.6 Å². The lowest BCUT2D eigenvalue weighted by molar-refractivity contribution is 0.394. The van der Waals surface area contributed by atoms with E-state index in [2.05, 4.69) is 30.7 Å². The molecule has 3 rings (SSSR count). The van der Waals surface area contributed by atoms with Crippen molar-refractivity contribution in [3.8, 4) is 0 Å². The van der Waals surface area contributed by atoms with Gasteiger partial charge in [-0.15, -0.1) is 0 Å². The number of aryl methyl sites for hydroxylation is 1. The van der Waals surface area contributed by atoms with Crippen LogP contribution in [0.5, 0.6) is 0 Å². The Labute approximate surface area is 154 Å². The number of halogens is 2.